The SMILES string of the molecule is CCC[C@H](N)C(=O)N(CC)CC(C)C. The number of rotatable bonds is 6. The molecular formula is C11H24N2O. The van der Waals surface area contributed by atoms with Gasteiger partial charge in [0, 0.05) is 13.1 Å². The number of carbonyl (C=O) groups is 1. The lowest BCUT2D eigenvalue weighted by Crippen LogP contribution is -2.45. The van der Waals surface area contributed by atoms with E-state index in [4.69, 9.17) is 5.73 Å². The van der Waals surface area contributed by atoms with Crippen LogP contribution in [0.3, 0.4) is 0 Å². The number of likely N-dealkylation sites (N-methyl/N-ethyl adjacent to an activating group) is 1. The van der Waals surface area contributed by atoms with Crippen LogP contribution in [-0.2, 0) is 4.79 Å². The van der Waals surface area contributed by atoms with Crippen LogP contribution < -0.4 is 5.73 Å². The molecule has 0 radical (unpaired) electrons. The number of nitrogens with two attached hydrogens (primary N) is 1. The second kappa shape index (κ2) is 6.82. The molecule has 0 aliphatic heterocycles. The maximum Gasteiger partial charge on any atom is 0.239 e. The maximum atomic E-state index is 11.8. The number of hydrogen-bond donors (Lipinski definition) is 1. The molecule has 0 saturated carbocycles. The van der Waals surface area contributed by atoms with Crippen molar-refractivity contribution in [3.8, 4) is 0 Å². The first kappa shape index (κ1) is 13.4. The van der Waals surface area contributed by atoms with Gasteiger partial charge in [0.05, 0.1) is 6.04 Å². The maximum absolute atomic E-state index is 11.8. The van der Waals surface area contributed by atoms with Crippen molar-refractivity contribution in [3.63, 3.8) is 0 Å². The summed E-state index contributed by atoms with van der Waals surface area (Å²) in [6.07, 6.45) is 1.75. The Kier molecular flexibility index (Phi) is 6.54. The van der Waals surface area contributed by atoms with Gasteiger partial charge in [-0.3, -0.25) is 4.79 Å². The molecule has 0 aliphatic carbocycles. The van der Waals surface area contributed by atoms with E-state index in [9.17, 15) is 4.79 Å². The molecule has 0 unspecified atom stereocenters. The molecule has 0 rings (SSSR count). The largest absolute Gasteiger partial charge is 0.341 e. The van der Waals surface area contributed by atoms with Crippen molar-refractivity contribution in [1.82, 2.24) is 4.90 Å². The van der Waals surface area contributed by atoms with E-state index in [0.29, 0.717) is 5.92 Å². The molecule has 0 aliphatic rings. The zero-order chi connectivity index (χ0) is 11.1. The average Bonchev–Trinajstić information content (AvgIpc) is 2.13. The Morgan fingerprint density at radius 2 is 1.93 bits per heavy atom. The van der Waals surface area contributed by atoms with Crippen molar-refractivity contribution in [2.24, 2.45) is 11.7 Å². The molecule has 0 aromatic carbocycles. The smallest absolute Gasteiger partial charge is 0.239 e. The molecular weight excluding hydrogens is 176 g/mol. The van der Waals surface area contributed by atoms with Gasteiger partial charge in [0.2, 0.25) is 5.91 Å². The highest BCUT2D eigenvalue weighted by molar-refractivity contribution is 5.81. The fraction of sp³-hybridized carbons (Fsp3) is 0.909. The molecule has 0 fully saturated rings. The molecule has 0 aromatic heterocycles. The summed E-state index contributed by atoms with van der Waals surface area (Å²) >= 11 is 0. The van der Waals surface area contributed by atoms with Gasteiger partial charge in [-0.25, -0.2) is 0 Å². The molecule has 0 heterocycles. The topological polar surface area (TPSA) is 46.3 Å². The van der Waals surface area contributed by atoms with Gasteiger partial charge in [0.1, 0.15) is 0 Å². The summed E-state index contributed by atoms with van der Waals surface area (Å²) in [7, 11) is 0. The van der Waals surface area contributed by atoms with E-state index in [-0.39, 0.29) is 11.9 Å². The molecule has 84 valence electrons. The van der Waals surface area contributed by atoms with E-state index < -0.39 is 0 Å². The Balaban J connectivity index is 4.15. The lowest BCUT2D eigenvalue weighted by Gasteiger charge is -2.25. The van der Waals surface area contributed by atoms with E-state index in [2.05, 4.69) is 13.8 Å². The van der Waals surface area contributed by atoms with Gasteiger partial charge in [-0.2, -0.15) is 0 Å². The summed E-state index contributed by atoms with van der Waals surface area (Å²) in [6.45, 7) is 9.84. The van der Waals surface area contributed by atoms with Gasteiger partial charge in [0.15, 0.2) is 0 Å². The van der Waals surface area contributed by atoms with Crippen molar-refractivity contribution in [2.45, 2.75) is 46.6 Å². The van der Waals surface area contributed by atoms with Gasteiger partial charge >= 0.3 is 0 Å². The predicted molar refractivity (Wildman–Crippen MR) is 60.0 cm³/mol. The van der Waals surface area contributed by atoms with Gasteiger partial charge in [-0.05, 0) is 19.3 Å². The van der Waals surface area contributed by atoms with Crippen molar-refractivity contribution in [3.05, 3.63) is 0 Å². The quantitative estimate of drug-likeness (QED) is 0.708. The van der Waals surface area contributed by atoms with E-state index in [0.717, 1.165) is 25.9 Å². The van der Waals surface area contributed by atoms with Crippen molar-refractivity contribution in [2.75, 3.05) is 13.1 Å². The van der Waals surface area contributed by atoms with Gasteiger partial charge < -0.3 is 10.6 Å². The second-order valence-electron chi connectivity index (χ2n) is 4.17. The third-order valence-electron chi connectivity index (χ3n) is 2.20. The lowest BCUT2D eigenvalue weighted by molar-refractivity contribution is -0.133. The van der Waals surface area contributed by atoms with Crippen LogP contribution in [0.25, 0.3) is 0 Å². The summed E-state index contributed by atoms with van der Waals surface area (Å²) in [5.74, 6) is 0.607. The van der Waals surface area contributed by atoms with Crippen LogP contribution >= 0.6 is 0 Å². The first-order chi connectivity index (χ1) is 6.52. The lowest BCUT2D eigenvalue weighted by atomic mass is 10.1. The van der Waals surface area contributed by atoms with Crippen LogP contribution in [0.15, 0.2) is 0 Å². The van der Waals surface area contributed by atoms with E-state index >= 15 is 0 Å². The molecule has 0 bridgehead atoms. The van der Waals surface area contributed by atoms with Crippen LogP contribution in [0.2, 0.25) is 0 Å². The van der Waals surface area contributed by atoms with Gasteiger partial charge in [0.25, 0.3) is 0 Å². The minimum atomic E-state index is -0.307. The van der Waals surface area contributed by atoms with Gasteiger partial charge in [-0.15, -0.1) is 0 Å². The van der Waals surface area contributed by atoms with E-state index in [1.165, 1.54) is 0 Å². The first-order valence-electron chi connectivity index (χ1n) is 5.57. The fourth-order valence-electron chi connectivity index (χ4n) is 1.48. The zero-order valence-corrected chi connectivity index (χ0v) is 9.92. The third-order valence-corrected chi connectivity index (χ3v) is 2.20. The molecule has 3 heteroatoms. The monoisotopic (exact) mass is 200 g/mol. The minimum Gasteiger partial charge on any atom is -0.341 e. The highest BCUT2D eigenvalue weighted by Gasteiger charge is 2.19. The zero-order valence-electron chi connectivity index (χ0n) is 9.92. The molecule has 14 heavy (non-hydrogen) atoms. The molecule has 0 saturated heterocycles. The van der Waals surface area contributed by atoms with Crippen LogP contribution in [0, 0.1) is 5.92 Å². The summed E-state index contributed by atoms with van der Waals surface area (Å²) in [4.78, 5) is 13.7. The Labute approximate surface area is 87.6 Å². The summed E-state index contributed by atoms with van der Waals surface area (Å²) in [6, 6.07) is -0.307. The number of hydrogen-bond acceptors (Lipinski definition) is 2. The van der Waals surface area contributed by atoms with Crippen molar-refractivity contribution in [1.29, 1.82) is 0 Å². The Hall–Kier alpha value is -0.570. The molecule has 0 spiro atoms. The van der Waals surface area contributed by atoms with Crippen molar-refractivity contribution >= 4 is 5.91 Å². The molecule has 0 aromatic rings. The first-order valence-corrected chi connectivity index (χ1v) is 5.57. The summed E-state index contributed by atoms with van der Waals surface area (Å²) in [5, 5.41) is 0. The molecule has 1 atom stereocenters. The van der Waals surface area contributed by atoms with E-state index in [1.54, 1.807) is 0 Å². The summed E-state index contributed by atoms with van der Waals surface area (Å²) < 4.78 is 0. The Morgan fingerprint density at radius 1 is 1.36 bits per heavy atom. The Bertz CT molecular complexity index is 169. The molecule has 3 nitrogen and oxygen atoms in total. The second-order valence-corrected chi connectivity index (χ2v) is 4.17. The number of nitrogens with zero attached hydrogens (tertiary/aromatic N) is 1. The highest BCUT2D eigenvalue weighted by atomic mass is 16.2. The van der Waals surface area contributed by atoms with E-state index in [1.807, 2.05) is 18.7 Å². The standard InChI is InChI=1S/C11H24N2O/c1-5-7-10(12)11(14)13(6-2)8-9(3)4/h9-10H,5-8,12H2,1-4H3/t10-/m0/s1. The van der Waals surface area contributed by atoms with Crippen LogP contribution in [0.5, 0.6) is 0 Å². The fourth-order valence-corrected chi connectivity index (χ4v) is 1.48. The van der Waals surface area contributed by atoms with Crippen LogP contribution in [0.1, 0.15) is 40.5 Å². The summed E-state index contributed by atoms with van der Waals surface area (Å²) in [5.41, 5.74) is 5.79. The number of amides is 1. The predicted octanol–water partition coefficient (Wildman–Crippen LogP) is 1.62. The minimum absolute atomic E-state index is 0.100. The van der Waals surface area contributed by atoms with Crippen LogP contribution in [0.4, 0.5) is 0 Å². The molecule has 2 N–H and O–H groups in total. The normalized spacial score (nSPS) is 13.0. The molecule has 1 amide bonds. The number of carbonyl (C=O) groups excluding carboxylic acids is 1. The third kappa shape index (κ3) is 4.61. The van der Waals surface area contributed by atoms with Gasteiger partial charge in [-0.1, -0.05) is 27.2 Å². The van der Waals surface area contributed by atoms with Crippen molar-refractivity contribution < 1.29 is 4.79 Å². The highest BCUT2D eigenvalue weighted by Crippen LogP contribution is 2.03. The van der Waals surface area contributed by atoms with Crippen LogP contribution in [-0.4, -0.2) is 29.9 Å². The Morgan fingerprint density at radius 3 is 2.29 bits per heavy atom. The average molecular weight is 200 g/mol.